The summed E-state index contributed by atoms with van der Waals surface area (Å²) in [5, 5.41) is 2.92. The molecule has 1 N–H and O–H groups in total. The van der Waals surface area contributed by atoms with E-state index in [-0.39, 0.29) is 5.43 Å². The molecule has 2 aromatic carbocycles. The Morgan fingerprint density at radius 2 is 1.57 bits per heavy atom. The van der Waals surface area contributed by atoms with Gasteiger partial charge < -0.3 is 4.98 Å². The number of aromatic amines is 1. The Hall–Kier alpha value is -2.87. The van der Waals surface area contributed by atoms with E-state index in [1.165, 1.54) is 16.7 Å². The molecule has 0 unspecified atom stereocenters. The molecule has 30 heavy (non-hydrogen) atoms. The average molecular weight is 400 g/mol. The van der Waals surface area contributed by atoms with Crippen molar-refractivity contribution in [2.75, 3.05) is 0 Å². The first-order valence-corrected chi connectivity index (χ1v) is 10.9. The first kappa shape index (κ1) is 21.8. The van der Waals surface area contributed by atoms with Gasteiger partial charge in [0.15, 0.2) is 5.43 Å². The summed E-state index contributed by atoms with van der Waals surface area (Å²) in [6, 6.07) is 12.1. The molecule has 0 aliphatic rings. The number of allylic oxidation sites excluding steroid dienone is 6. The van der Waals surface area contributed by atoms with Gasteiger partial charge in [-0.25, -0.2) is 0 Å². The molecule has 156 valence electrons. The molecule has 2 heteroatoms. The Labute approximate surface area is 180 Å². The second-order valence-corrected chi connectivity index (χ2v) is 8.52. The van der Waals surface area contributed by atoms with Gasteiger partial charge in [0.05, 0.1) is 5.39 Å². The van der Waals surface area contributed by atoms with Crippen molar-refractivity contribution in [2.24, 2.45) is 0 Å². The third kappa shape index (κ3) is 5.60. The van der Waals surface area contributed by atoms with Crippen LogP contribution in [0.2, 0.25) is 0 Å². The van der Waals surface area contributed by atoms with Crippen LogP contribution in [0, 0.1) is 0 Å². The largest absolute Gasteiger partial charge is 0.361 e. The standard InChI is InChI=1S/C28H33NO/c1-20(2)9-7-10-21(3)11-8-12-22(4)15-16-24-19-29-26-18-17-23-13-5-6-14-25(23)27(26)28(24)30/h5-6,9,11,13-15,17-19H,7-8,10,12,16H2,1-4H3,(H,29,30)/b21-11+,22-15+. The highest BCUT2D eigenvalue weighted by Crippen LogP contribution is 2.22. The van der Waals surface area contributed by atoms with Gasteiger partial charge >= 0.3 is 0 Å². The lowest BCUT2D eigenvalue weighted by atomic mass is 10.0. The fraction of sp³-hybridized carbons (Fsp3) is 0.321. The van der Waals surface area contributed by atoms with Crippen LogP contribution in [-0.4, -0.2) is 4.98 Å². The smallest absolute Gasteiger partial charge is 0.193 e. The van der Waals surface area contributed by atoms with Crippen LogP contribution in [0.3, 0.4) is 0 Å². The van der Waals surface area contributed by atoms with Crippen molar-refractivity contribution in [1.82, 2.24) is 4.98 Å². The van der Waals surface area contributed by atoms with Crippen LogP contribution >= 0.6 is 0 Å². The van der Waals surface area contributed by atoms with E-state index in [2.05, 4.69) is 63.0 Å². The molecule has 3 rings (SSSR count). The Kier molecular flexibility index (Phi) is 7.46. The number of fused-ring (bicyclic) bond motifs is 3. The van der Waals surface area contributed by atoms with Crippen LogP contribution in [0.1, 0.15) is 58.9 Å². The van der Waals surface area contributed by atoms with Crippen molar-refractivity contribution in [1.29, 1.82) is 0 Å². The van der Waals surface area contributed by atoms with Crippen LogP contribution in [0.15, 0.2) is 82.3 Å². The number of H-pyrrole nitrogens is 1. The van der Waals surface area contributed by atoms with Crippen molar-refractivity contribution in [3.63, 3.8) is 0 Å². The predicted octanol–water partition coefficient (Wildman–Crippen LogP) is 7.64. The fourth-order valence-corrected chi connectivity index (χ4v) is 3.80. The van der Waals surface area contributed by atoms with E-state index < -0.39 is 0 Å². The third-order valence-corrected chi connectivity index (χ3v) is 5.64. The molecule has 0 aliphatic heterocycles. The fourth-order valence-electron chi connectivity index (χ4n) is 3.80. The van der Waals surface area contributed by atoms with Gasteiger partial charge in [-0.2, -0.15) is 0 Å². The maximum absolute atomic E-state index is 13.1. The molecule has 0 fully saturated rings. The molecule has 2 nitrogen and oxygen atoms in total. The number of benzene rings is 2. The normalized spacial score (nSPS) is 12.5. The van der Waals surface area contributed by atoms with Gasteiger partial charge in [-0.05, 0) is 76.6 Å². The number of hydrogen-bond acceptors (Lipinski definition) is 1. The van der Waals surface area contributed by atoms with E-state index in [4.69, 9.17) is 0 Å². The monoisotopic (exact) mass is 399 g/mol. The summed E-state index contributed by atoms with van der Waals surface area (Å²) in [5.41, 5.74) is 6.04. The van der Waals surface area contributed by atoms with Gasteiger partial charge in [0.25, 0.3) is 0 Å². The van der Waals surface area contributed by atoms with Gasteiger partial charge in [-0.3, -0.25) is 4.79 Å². The van der Waals surface area contributed by atoms with Crippen LogP contribution in [0.4, 0.5) is 0 Å². The lowest BCUT2D eigenvalue weighted by molar-refractivity contribution is 0.914. The maximum atomic E-state index is 13.1. The summed E-state index contributed by atoms with van der Waals surface area (Å²) >= 11 is 0. The van der Waals surface area contributed by atoms with Crippen LogP contribution in [0.5, 0.6) is 0 Å². The molecule has 0 saturated heterocycles. The lowest BCUT2D eigenvalue weighted by Gasteiger charge is -2.06. The highest BCUT2D eigenvalue weighted by atomic mass is 16.1. The minimum atomic E-state index is 0.139. The van der Waals surface area contributed by atoms with Gasteiger partial charge in [-0.1, -0.05) is 65.3 Å². The number of pyridine rings is 1. The molecular weight excluding hydrogens is 366 g/mol. The van der Waals surface area contributed by atoms with Crippen molar-refractivity contribution in [3.05, 3.63) is 93.3 Å². The first-order chi connectivity index (χ1) is 14.5. The zero-order valence-corrected chi connectivity index (χ0v) is 18.7. The predicted molar refractivity (Wildman–Crippen MR) is 131 cm³/mol. The summed E-state index contributed by atoms with van der Waals surface area (Å²) in [4.78, 5) is 16.5. The van der Waals surface area contributed by atoms with Crippen LogP contribution in [0.25, 0.3) is 21.7 Å². The van der Waals surface area contributed by atoms with Crippen molar-refractivity contribution in [2.45, 2.75) is 59.8 Å². The summed E-state index contributed by atoms with van der Waals surface area (Å²) in [5.74, 6) is 0. The molecule has 0 bridgehead atoms. The zero-order chi connectivity index (χ0) is 21.5. The van der Waals surface area contributed by atoms with E-state index in [0.717, 1.165) is 52.9 Å². The summed E-state index contributed by atoms with van der Waals surface area (Å²) in [7, 11) is 0. The molecule has 1 heterocycles. The van der Waals surface area contributed by atoms with E-state index >= 15 is 0 Å². The molecule has 1 aromatic heterocycles. The summed E-state index contributed by atoms with van der Waals surface area (Å²) < 4.78 is 0. The topological polar surface area (TPSA) is 32.9 Å². The Morgan fingerprint density at radius 1 is 0.867 bits per heavy atom. The van der Waals surface area contributed by atoms with Crippen molar-refractivity contribution in [3.8, 4) is 0 Å². The number of nitrogens with one attached hydrogen (secondary N) is 1. The molecule has 0 radical (unpaired) electrons. The molecule has 0 atom stereocenters. The number of rotatable bonds is 8. The van der Waals surface area contributed by atoms with Crippen LogP contribution in [-0.2, 0) is 6.42 Å². The van der Waals surface area contributed by atoms with Crippen molar-refractivity contribution < 1.29 is 0 Å². The first-order valence-electron chi connectivity index (χ1n) is 10.9. The van der Waals surface area contributed by atoms with Gasteiger partial charge in [0.2, 0.25) is 0 Å². The molecule has 0 aliphatic carbocycles. The quantitative estimate of drug-likeness (QED) is 0.306. The average Bonchev–Trinajstić information content (AvgIpc) is 2.72. The maximum Gasteiger partial charge on any atom is 0.193 e. The number of aromatic nitrogens is 1. The molecule has 0 saturated carbocycles. The SMILES string of the molecule is CC(C)=CCC/C(C)=C/CC/C(C)=C/Cc1c[nH]c2ccc3ccccc3c2c1=O. The molecular formula is C28H33NO. The number of hydrogen-bond donors (Lipinski definition) is 1. The Bertz CT molecular complexity index is 1170. The lowest BCUT2D eigenvalue weighted by Crippen LogP contribution is -2.10. The van der Waals surface area contributed by atoms with E-state index in [9.17, 15) is 4.79 Å². The second kappa shape index (κ2) is 10.2. The molecule has 3 aromatic rings. The zero-order valence-electron chi connectivity index (χ0n) is 18.7. The van der Waals surface area contributed by atoms with Gasteiger partial charge in [0.1, 0.15) is 0 Å². The minimum Gasteiger partial charge on any atom is -0.361 e. The van der Waals surface area contributed by atoms with Gasteiger partial charge in [0, 0.05) is 17.3 Å². The van der Waals surface area contributed by atoms with E-state index in [0.29, 0.717) is 6.42 Å². The Balaban J connectivity index is 1.68. The molecule has 0 amide bonds. The highest BCUT2D eigenvalue weighted by molar-refractivity contribution is 6.06. The van der Waals surface area contributed by atoms with E-state index in [1.807, 2.05) is 30.5 Å². The molecule has 0 spiro atoms. The van der Waals surface area contributed by atoms with Gasteiger partial charge in [-0.15, -0.1) is 0 Å². The summed E-state index contributed by atoms with van der Waals surface area (Å²) in [6.07, 6.45) is 13.7. The Morgan fingerprint density at radius 3 is 2.33 bits per heavy atom. The third-order valence-electron chi connectivity index (χ3n) is 5.64. The second-order valence-electron chi connectivity index (χ2n) is 8.52. The van der Waals surface area contributed by atoms with Crippen LogP contribution < -0.4 is 5.43 Å². The van der Waals surface area contributed by atoms with Crippen molar-refractivity contribution >= 4 is 21.7 Å². The summed E-state index contributed by atoms with van der Waals surface area (Å²) in [6.45, 7) is 8.68. The van der Waals surface area contributed by atoms with E-state index in [1.54, 1.807) is 0 Å². The highest BCUT2D eigenvalue weighted by Gasteiger charge is 2.08. The minimum absolute atomic E-state index is 0.139.